The van der Waals surface area contributed by atoms with Gasteiger partial charge >= 0.3 is 0 Å². The summed E-state index contributed by atoms with van der Waals surface area (Å²) in [4.78, 5) is 0. The monoisotopic (exact) mass is 221 g/mol. The summed E-state index contributed by atoms with van der Waals surface area (Å²) < 4.78 is 12.8. The summed E-state index contributed by atoms with van der Waals surface area (Å²) >= 11 is 0. The molecule has 0 radical (unpaired) electrons. The molecule has 0 saturated carbocycles. The Hall–Kier alpha value is -1.15. The van der Waals surface area contributed by atoms with Crippen molar-refractivity contribution < 1.29 is 4.39 Å². The molecular formula is C14H20FN. The van der Waals surface area contributed by atoms with Crippen LogP contribution in [0.4, 0.5) is 4.39 Å². The highest BCUT2D eigenvalue weighted by molar-refractivity contribution is 5.28. The zero-order valence-electron chi connectivity index (χ0n) is 10.1. The van der Waals surface area contributed by atoms with Crippen LogP contribution in [0.1, 0.15) is 24.5 Å². The molecule has 1 rings (SSSR count). The first-order valence-electron chi connectivity index (χ1n) is 5.84. The minimum Gasteiger partial charge on any atom is -0.317 e. The van der Waals surface area contributed by atoms with Gasteiger partial charge in [0, 0.05) is 0 Å². The molecule has 0 atom stereocenters. The third-order valence-electron chi connectivity index (χ3n) is 2.55. The van der Waals surface area contributed by atoms with Crippen molar-refractivity contribution in [3.63, 3.8) is 0 Å². The number of rotatable bonds is 6. The molecule has 0 aliphatic heterocycles. The third kappa shape index (κ3) is 4.58. The molecule has 1 nitrogen and oxygen atoms in total. The lowest BCUT2D eigenvalue weighted by Gasteiger charge is -2.02. The van der Waals surface area contributed by atoms with Crippen LogP contribution in [-0.4, -0.2) is 13.1 Å². The zero-order chi connectivity index (χ0) is 11.8. The van der Waals surface area contributed by atoms with Gasteiger partial charge in [-0.3, -0.25) is 0 Å². The van der Waals surface area contributed by atoms with Crippen LogP contribution in [0, 0.1) is 12.7 Å². The fraction of sp³-hybridized carbons (Fsp3) is 0.429. The predicted molar refractivity (Wildman–Crippen MR) is 67.1 cm³/mol. The Morgan fingerprint density at radius 1 is 1.31 bits per heavy atom. The van der Waals surface area contributed by atoms with Crippen LogP contribution in [0.5, 0.6) is 0 Å². The van der Waals surface area contributed by atoms with Crippen molar-refractivity contribution in [2.75, 3.05) is 13.1 Å². The van der Waals surface area contributed by atoms with Crippen LogP contribution in [0.2, 0.25) is 0 Å². The molecule has 0 fully saturated rings. The molecule has 0 unspecified atom stereocenters. The van der Waals surface area contributed by atoms with Crippen LogP contribution >= 0.6 is 0 Å². The molecule has 0 saturated heterocycles. The molecule has 1 aromatic carbocycles. The maximum atomic E-state index is 12.8. The Kier molecular flexibility index (Phi) is 5.79. The number of benzene rings is 1. The molecule has 0 bridgehead atoms. The van der Waals surface area contributed by atoms with Crippen LogP contribution in [-0.2, 0) is 6.42 Å². The number of hydrogen-bond acceptors (Lipinski definition) is 1. The van der Waals surface area contributed by atoms with Crippen molar-refractivity contribution in [3.8, 4) is 0 Å². The van der Waals surface area contributed by atoms with Gasteiger partial charge in [0.25, 0.3) is 0 Å². The van der Waals surface area contributed by atoms with E-state index in [1.807, 2.05) is 13.0 Å². The molecule has 0 aromatic heterocycles. The van der Waals surface area contributed by atoms with Crippen LogP contribution < -0.4 is 5.32 Å². The van der Waals surface area contributed by atoms with Crippen LogP contribution in [0.15, 0.2) is 30.4 Å². The molecule has 0 heterocycles. The number of halogens is 1. The number of nitrogens with one attached hydrogen (secondary N) is 1. The molecule has 88 valence electrons. The van der Waals surface area contributed by atoms with Crippen molar-refractivity contribution in [3.05, 3.63) is 47.3 Å². The van der Waals surface area contributed by atoms with Crippen LogP contribution in [0.3, 0.4) is 0 Å². The van der Waals surface area contributed by atoms with Crippen molar-refractivity contribution in [2.45, 2.75) is 26.7 Å². The third-order valence-corrected chi connectivity index (χ3v) is 2.55. The van der Waals surface area contributed by atoms with Crippen molar-refractivity contribution in [2.24, 2.45) is 0 Å². The van der Waals surface area contributed by atoms with E-state index in [1.165, 1.54) is 11.6 Å². The van der Waals surface area contributed by atoms with E-state index < -0.39 is 0 Å². The maximum Gasteiger partial charge on any atom is 0.123 e. The maximum absolute atomic E-state index is 12.8. The van der Waals surface area contributed by atoms with E-state index in [0.717, 1.165) is 31.5 Å². The first-order valence-corrected chi connectivity index (χ1v) is 5.84. The standard InChI is InChI=1S/C14H20FN/c1-3-16-10-6-4-5-7-13-8-9-14(15)11-12(13)2/h4-5,8-9,11,16H,3,6-7,10H2,1-2H3/b5-4+. The second kappa shape index (κ2) is 7.18. The summed E-state index contributed by atoms with van der Waals surface area (Å²) in [6.45, 7) is 6.09. The van der Waals surface area contributed by atoms with Gasteiger partial charge in [0.05, 0.1) is 0 Å². The van der Waals surface area contributed by atoms with Gasteiger partial charge in [-0.25, -0.2) is 4.39 Å². The molecule has 0 amide bonds. The van der Waals surface area contributed by atoms with Crippen molar-refractivity contribution in [1.29, 1.82) is 0 Å². The average molecular weight is 221 g/mol. The van der Waals surface area contributed by atoms with Gasteiger partial charge in [-0.15, -0.1) is 0 Å². The lowest BCUT2D eigenvalue weighted by molar-refractivity contribution is 0.626. The van der Waals surface area contributed by atoms with E-state index in [2.05, 4.69) is 24.4 Å². The zero-order valence-corrected chi connectivity index (χ0v) is 10.1. The smallest absolute Gasteiger partial charge is 0.123 e. The molecule has 1 N–H and O–H groups in total. The van der Waals surface area contributed by atoms with E-state index in [-0.39, 0.29) is 5.82 Å². The largest absolute Gasteiger partial charge is 0.317 e. The molecule has 0 aliphatic carbocycles. The molecule has 1 aromatic rings. The van der Waals surface area contributed by atoms with Gasteiger partial charge < -0.3 is 5.32 Å². The predicted octanol–water partition coefficient (Wildman–Crippen LogP) is 3.23. The van der Waals surface area contributed by atoms with Gasteiger partial charge in [-0.2, -0.15) is 0 Å². The second-order valence-corrected chi connectivity index (χ2v) is 3.89. The van der Waals surface area contributed by atoms with E-state index >= 15 is 0 Å². The first kappa shape index (κ1) is 12.9. The Labute approximate surface area is 97.4 Å². The van der Waals surface area contributed by atoms with Gasteiger partial charge in [-0.05, 0) is 56.1 Å². The summed E-state index contributed by atoms with van der Waals surface area (Å²) in [5.41, 5.74) is 2.22. The van der Waals surface area contributed by atoms with Gasteiger partial charge in [0.1, 0.15) is 5.82 Å². The van der Waals surface area contributed by atoms with E-state index in [0.29, 0.717) is 0 Å². The Morgan fingerprint density at radius 2 is 2.12 bits per heavy atom. The lowest BCUT2D eigenvalue weighted by Crippen LogP contribution is -2.12. The highest BCUT2D eigenvalue weighted by Gasteiger charge is 1.97. The topological polar surface area (TPSA) is 12.0 Å². The normalized spacial score (nSPS) is 11.2. The summed E-state index contributed by atoms with van der Waals surface area (Å²) in [6.07, 6.45) is 6.26. The quantitative estimate of drug-likeness (QED) is 0.574. The minimum atomic E-state index is -0.155. The minimum absolute atomic E-state index is 0.155. The molecular weight excluding hydrogens is 201 g/mol. The molecule has 0 aliphatic rings. The summed E-state index contributed by atoms with van der Waals surface area (Å²) in [5, 5.41) is 3.26. The first-order chi connectivity index (χ1) is 7.74. The molecule has 0 spiro atoms. The highest BCUT2D eigenvalue weighted by Crippen LogP contribution is 2.11. The van der Waals surface area contributed by atoms with E-state index in [9.17, 15) is 4.39 Å². The molecule has 2 heteroatoms. The Bertz CT molecular complexity index is 345. The van der Waals surface area contributed by atoms with E-state index in [1.54, 1.807) is 6.07 Å². The van der Waals surface area contributed by atoms with Crippen molar-refractivity contribution >= 4 is 0 Å². The molecule has 16 heavy (non-hydrogen) atoms. The fourth-order valence-corrected chi connectivity index (χ4v) is 1.58. The lowest BCUT2D eigenvalue weighted by atomic mass is 10.1. The highest BCUT2D eigenvalue weighted by atomic mass is 19.1. The number of aryl methyl sites for hydroxylation is 1. The number of hydrogen-bond donors (Lipinski definition) is 1. The Morgan fingerprint density at radius 3 is 2.81 bits per heavy atom. The van der Waals surface area contributed by atoms with Crippen molar-refractivity contribution in [1.82, 2.24) is 5.32 Å². The van der Waals surface area contributed by atoms with Crippen LogP contribution in [0.25, 0.3) is 0 Å². The SMILES string of the molecule is CCNCC/C=C/Cc1ccc(F)cc1C. The average Bonchev–Trinajstić information content (AvgIpc) is 2.26. The second-order valence-electron chi connectivity index (χ2n) is 3.89. The van der Waals surface area contributed by atoms with Gasteiger partial charge in [0.2, 0.25) is 0 Å². The summed E-state index contributed by atoms with van der Waals surface area (Å²) in [7, 11) is 0. The summed E-state index contributed by atoms with van der Waals surface area (Å²) in [6, 6.07) is 4.97. The van der Waals surface area contributed by atoms with E-state index in [4.69, 9.17) is 0 Å². The van der Waals surface area contributed by atoms with Gasteiger partial charge in [0.15, 0.2) is 0 Å². The fourth-order valence-electron chi connectivity index (χ4n) is 1.58. The Balaban J connectivity index is 2.36. The number of allylic oxidation sites excluding steroid dienone is 1. The van der Waals surface area contributed by atoms with Gasteiger partial charge in [-0.1, -0.05) is 25.1 Å². The summed E-state index contributed by atoms with van der Waals surface area (Å²) in [5.74, 6) is -0.155.